The second-order valence-corrected chi connectivity index (χ2v) is 12.0. The zero-order valence-corrected chi connectivity index (χ0v) is 24.1. The monoisotopic (exact) mass is 567 g/mol. The van der Waals surface area contributed by atoms with Crippen molar-refractivity contribution in [3.8, 4) is 11.5 Å². The van der Waals surface area contributed by atoms with Gasteiger partial charge < -0.3 is 19.5 Å². The van der Waals surface area contributed by atoms with Crippen LogP contribution in [0.5, 0.6) is 11.5 Å². The van der Waals surface area contributed by atoms with Gasteiger partial charge in [-0.15, -0.1) is 0 Å². The zero-order valence-electron chi connectivity index (χ0n) is 23.3. The summed E-state index contributed by atoms with van der Waals surface area (Å²) in [6, 6.07) is 20.5. The smallest absolute Gasteiger partial charge is 0.262 e. The molecule has 0 saturated heterocycles. The van der Waals surface area contributed by atoms with Gasteiger partial charge in [0.05, 0.1) is 35.9 Å². The number of methoxy groups -OCH3 is 1. The quantitative estimate of drug-likeness (QED) is 0.383. The first-order chi connectivity index (χ1) is 19.1. The van der Waals surface area contributed by atoms with Gasteiger partial charge in [-0.25, -0.2) is 8.42 Å². The van der Waals surface area contributed by atoms with Crippen LogP contribution in [0.4, 0.5) is 5.69 Å². The summed E-state index contributed by atoms with van der Waals surface area (Å²) in [6.45, 7) is 5.20. The standard InChI is InChI=1S/C30H37N3O6S/c1-21-17-33(22(2)20-34)30(35)26-11-8-12-27(31-40(36,37)25-15-13-24(38-4)14-16-25)29(26)39-28(21)19-32(3)18-23-9-6-5-7-10-23/h5-16,21-22,28,31,34H,17-20H2,1-4H3/t21-,22-,28+/m0/s1. The van der Waals surface area contributed by atoms with Crippen molar-refractivity contribution in [1.82, 2.24) is 9.80 Å². The van der Waals surface area contributed by atoms with Crippen LogP contribution in [-0.4, -0.2) is 75.2 Å². The number of aliphatic hydroxyl groups excluding tert-OH is 1. The molecule has 10 heteroatoms. The molecular weight excluding hydrogens is 530 g/mol. The normalized spacial score (nSPS) is 18.4. The van der Waals surface area contributed by atoms with Crippen LogP contribution in [0.1, 0.15) is 29.8 Å². The van der Waals surface area contributed by atoms with E-state index in [0.29, 0.717) is 25.4 Å². The molecule has 1 amide bonds. The number of hydrogen-bond donors (Lipinski definition) is 2. The SMILES string of the molecule is COc1ccc(S(=O)(=O)Nc2cccc3c2O[C@H](CN(C)Cc2ccccc2)[C@@H](C)CN([C@@H](C)CO)C3=O)cc1. The predicted octanol–water partition coefficient (Wildman–Crippen LogP) is 3.85. The summed E-state index contributed by atoms with van der Waals surface area (Å²) in [6.07, 6.45) is -0.374. The summed E-state index contributed by atoms with van der Waals surface area (Å²) in [7, 11) is -0.493. The van der Waals surface area contributed by atoms with E-state index >= 15 is 0 Å². The van der Waals surface area contributed by atoms with E-state index in [1.54, 1.807) is 42.2 Å². The highest BCUT2D eigenvalue weighted by Crippen LogP contribution is 2.36. The maximum Gasteiger partial charge on any atom is 0.262 e. The van der Waals surface area contributed by atoms with Gasteiger partial charge in [-0.3, -0.25) is 14.4 Å². The zero-order chi connectivity index (χ0) is 28.9. The van der Waals surface area contributed by atoms with Gasteiger partial charge in [0.2, 0.25) is 0 Å². The van der Waals surface area contributed by atoms with E-state index in [-0.39, 0.29) is 46.4 Å². The van der Waals surface area contributed by atoms with E-state index in [1.165, 1.54) is 19.2 Å². The number of para-hydroxylation sites is 1. The van der Waals surface area contributed by atoms with E-state index in [1.807, 2.05) is 32.2 Å². The summed E-state index contributed by atoms with van der Waals surface area (Å²) >= 11 is 0. The average molecular weight is 568 g/mol. The fourth-order valence-electron chi connectivity index (χ4n) is 4.77. The van der Waals surface area contributed by atoms with Gasteiger partial charge in [-0.2, -0.15) is 0 Å². The maximum atomic E-state index is 13.7. The van der Waals surface area contributed by atoms with Crippen LogP contribution in [0.2, 0.25) is 0 Å². The molecule has 4 rings (SSSR count). The van der Waals surface area contributed by atoms with Gasteiger partial charge in [0.25, 0.3) is 15.9 Å². The molecule has 0 radical (unpaired) electrons. The third-order valence-electron chi connectivity index (χ3n) is 7.09. The summed E-state index contributed by atoms with van der Waals surface area (Å²) in [5.41, 5.74) is 1.56. The number of likely N-dealkylation sites (N-methyl/N-ethyl adjacent to an activating group) is 1. The van der Waals surface area contributed by atoms with Gasteiger partial charge >= 0.3 is 0 Å². The number of anilines is 1. The Morgan fingerprint density at radius 1 is 1.10 bits per heavy atom. The fourth-order valence-corrected chi connectivity index (χ4v) is 5.83. The highest BCUT2D eigenvalue weighted by atomic mass is 32.2. The van der Waals surface area contributed by atoms with Crippen molar-refractivity contribution in [2.45, 2.75) is 37.4 Å². The van der Waals surface area contributed by atoms with Crippen molar-refractivity contribution >= 4 is 21.6 Å². The first kappa shape index (κ1) is 29.4. The molecule has 214 valence electrons. The van der Waals surface area contributed by atoms with Gasteiger partial charge in [-0.05, 0) is 55.9 Å². The molecule has 9 nitrogen and oxygen atoms in total. The summed E-state index contributed by atoms with van der Waals surface area (Å²) in [5, 5.41) is 9.91. The number of ether oxygens (including phenoxy) is 2. The van der Waals surface area contributed by atoms with Crippen molar-refractivity contribution in [2.75, 3.05) is 38.6 Å². The predicted molar refractivity (Wildman–Crippen MR) is 154 cm³/mol. The topological polar surface area (TPSA) is 108 Å². The number of amides is 1. The number of benzene rings is 3. The van der Waals surface area contributed by atoms with Gasteiger partial charge in [-0.1, -0.05) is 43.3 Å². The van der Waals surface area contributed by atoms with Crippen molar-refractivity contribution in [1.29, 1.82) is 0 Å². The second kappa shape index (κ2) is 12.7. The average Bonchev–Trinajstić information content (AvgIpc) is 2.95. The third kappa shape index (κ3) is 6.75. The van der Waals surface area contributed by atoms with E-state index in [2.05, 4.69) is 21.8 Å². The molecule has 1 heterocycles. The van der Waals surface area contributed by atoms with E-state index in [0.717, 1.165) is 5.56 Å². The number of nitrogens with one attached hydrogen (secondary N) is 1. The molecule has 0 unspecified atom stereocenters. The highest BCUT2D eigenvalue weighted by Gasteiger charge is 2.35. The number of nitrogens with zero attached hydrogens (tertiary/aromatic N) is 2. The molecule has 1 aliphatic heterocycles. The Balaban J connectivity index is 1.70. The summed E-state index contributed by atoms with van der Waals surface area (Å²) < 4.78 is 41.0. The molecular formula is C30H37N3O6S. The van der Waals surface area contributed by atoms with Crippen LogP contribution >= 0.6 is 0 Å². The second-order valence-electron chi connectivity index (χ2n) is 10.3. The highest BCUT2D eigenvalue weighted by molar-refractivity contribution is 7.92. The molecule has 2 N–H and O–H groups in total. The molecule has 40 heavy (non-hydrogen) atoms. The van der Waals surface area contributed by atoms with Gasteiger partial charge in [0, 0.05) is 25.6 Å². The van der Waals surface area contributed by atoms with Crippen LogP contribution in [0.25, 0.3) is 0 Å². The number of hydrogen-bond acceptors (Lipinski definition) is 7. The first-order valence-electron chi connectivity index (χ1n) is 13.2. The van der Waals surface area contributed by atoms with Crippen molar-refractivity contribution in [2.24, 2.45) is 5.92 Å². The number of carbonyl (C=O) groups is 1. The molecule has 3 aromatic carbocycles. The Hall–Kier alpha value is -3.60. The van der Waals surface area contributed by atoms with Crippen LogP contribution in [-0.2, 0) is 16.6 Å². The number of aliphatic hydroxyl groups is 1. The number of rotatable bonds is 10. The minimum Gasteiger partial charge on any atom is -0.497 e. The molecule has 0 aromatic heterocycles. The Morgan fingerprint density at radius 2 is 1.80 bits per heavy atom. The lowest BCUT2D eigenvalue weighted by Crippen LogP contribution is -2.49. The minimum atomic E-state index is -4.00. The van der Waals surface area contributed by atoms with Crippen LogP contribution in [0.3, 0.4) is 0 Å². The number of carbonyl (C=O) groups excluding carboxylic acids is 1. The Labute approximate surface area is 236 Å². The lowest BCUT2D eigenvalue weighted by atomic mass is 9.99. The Kier molecular flexibility index (Phi) is 9.34. The van der Waals surface area contributed by atoms with Gasteiger partial charge in [0.1, 0.15) is 11.9 Å². The van der Waals surface area contributed by atoms with E-state index < -0.39 is 16.1 Å². The van der Waals surface area contributed by atoms with Crippen molar-refractivity contribution < 1.29 is 27.8 Å². The lowest BCUT2D eigenvalue weighted by Gasteiger charge is -2.38. The fraction of sp³-hybridized carbons (Fsp3) is 0.367. The minimum absolute atomic E-state index is 0.0473. The first-order valence-corrected chi connectivity index (χ1v) is 14.7. The molecule has 0 saturated carbocycles. The Bertz CT molecular complexity index is 1400. The van der Waals surface area contributed by atoms with Crippen molar-refractivity contribution in [3.63, 3.8) is 0 Å². The van der Waals surface area contributed by atoms with Crippen LogP contribution in [0.15, 0.2) is 77.7 Å². The molecule has 3 aromatic rings. The molecule has 0 bridgehead atoms. The van der Waals surface area contributed by atoms with Crippen LogP contribution in [0, 0.1) is 5.92 Å². The largest absolute Gasteiger partial charge is 0.497 e. The Morgan fingerprint density at radius 3 is 2.45 bits per heavy atom. The third-order valence-corrected chi connectivity index (χ3v) is 8.47. The van der Waals surface area contributed by atoms with E-state index in [9.17, 15) is 18.3 Å². The van der Waals surface area contributed by atoms with Crippen molar-refractivity contribution in [3.05, 3.63) is 83.9 Å². The van der Waals surface area contributed by atoms with Crippen LogP contribution < -0.4 is 14.2 Å². The summed E-state index contributed by atoms with van der Waals surface area (Å²) in [5.74, 6) is 0.261. The van der Waals surface area contributed by atoms with Gasteiger partial charge in [0.15, 0.2) is 5.75 Å². The molecule has 0 aliphatic carbocycles. The van der Waals surface area contributed by atoms with E-state index in [4.69, 9.17) is 9.47 Å². The maximum absolute atomic E-state index is 13.7. The summed E-state index contributed by atoms with van der Waals surface area (Å²) in [4.78, 5) is 17.5. The molecule has 3 atom stereocenters. The lowest BCUT2D eigenvalue weighted by molar-refractivity contribution is 0.0344. The molecule has 0 spiro atoms. The molecule has 1 aliphatic rings. The number of fused-ring (bicyclic) bond motifs is 1. The number of sulfonamides is 1. The molecule has 0 fully saturated rings.